The lowest BCUT2D eigenvalue weighted by atomic mass is 9.96. The zero-order valence-electron chi connectivity index (χ0n) is 15.7. The van der Waals surface area contributed by atoms with E-state index in [0.717, 1.165) is 37.0 Å². The Morgan fingerprint density at radius 3 is 2.50 bits per heavy atom. The van der Waals surface area contributed by atoms with E-state index >= 15 is 0 Å². The minimum Gasteiger partial charge on any atom is -0.491 e. The van der Waals surface area contributed by atoms with Crippen LogP contribution in [0.15, 0.2) is 24.3 Å². The molecule has 0 atom stereocenters. The summed E-state index contributed by atoms with van der Waals surface area (Å²) in [5, 5.41) is 6.04. The molecular weight excluding hydrogens is 330 g/mol. The van der Waals surface area contributed by atoms with Gasteiger partial charge < -0.3 is 20.3 Å². The average molecular weight is 359 g/mol. The van der Waals surface area contributed by atoms with Crippen molar-refractivity contribution >= 4 is 11.9 Å². The number of carbonyl (C=O) groups excluding carboxylic acids is 2. The summed E-state index contributed by atoms with van der Waals surface area (Å²) in [6, 6.07) is 8.08. The summed E-state index contributed by atoms with van der Waals surface area (Å²) in [5.74, 6) is 1.00. The average Bonchev–Trinajstić information content (AvgIpc) is 3.44. The van der Waals surface area contributed by atoms with Gasteiger partial charge in [0.2, 0.25) is 5.91 Å². The molecule has 3 amide bonds. The second-order valence-corrected chi connectivity index (χ2v) is 7.48. The van der Waals surface area contributed by atoms with E-state index in [0.29, 0.717) is 25.7 Å². The van der Waals surface area contributed by atoms with Crippen molar-refractivity contribution < 1.29 is 14.3 Å². The molecule has 3 rings (SSSR count). The number of ether oxygens (including phenoxy) is 1. The Hall–Kier alpha value is -2.24. The molecule has 2 aliphatic rings. The van der Waals surface area contributed by atoms with E-state index in [-0.39, 0.29) is 24.0 Å². The molecule has 1 aliphatic heterocycles. The first kappa shape index (κ1) is 18.5. The molecule has 0 spiro atoms. The summed E-state index contributed by atoms with van der Waals surface area (Å²) < 4.78 is 5.79. The van der Waals surface area contributed by atoms with Crippen molar-refractivity contribution in [2.24, 2.45) is 5.92 Å². The number of urea groups is 1. The normalized spacial score (nSPS) is 17.9. The monoisotopic (exact) mass is 359 g/mol. The Bertz CT molecular complexity index is 635. The van der Waals surface area contributed by atoms with Gasteiger partial charge in [-0.1, -0.05) is 18.2 Å². The van der Waals surface area contributed by atoms with Crippen LogP contribution in [-0.4, -0.2) is 42.1 Å². The number of carbonyl (C=O) groups is 2. The number of likely N-dealkylation sites (tertiary alicyclic amines) is 1. The predicted molar refractivity (Wildman–Crippen MR) is 99.9 cm³/mol. The fourth-order valence-corrected chi connectivity index (χ4v) is 3.19. The van der Waals surface area contributed by atoms with Crippen molar-refractivity contribution in [2.45, 2.75) is 58.2 Å². The molecule has 26 heavy (non-hydrogen) atoms. The van der Waals surface area contributed by atoms with Crippen molar-refractivity contribution in [3.63, 3.8) is 0 Å². The fraction of sp³-hybridized carbons (Fsp3) is 0.600. The highest BCUT2D eigenvalue weighted by molar-refractivity contribution is 5.80. The van der Waals surface area contributed by atoms with Crippen LogP contribution in [0.3, 0.4) is 0 Å². The maximum atomic E-state index is 12.4. The van der Waals surface area contributed by atoms with Gasteiger partial charge in [-0.05, 0) is 45.6 Å². The van der Waals surface area contributed by atoms with Gasteiger partial charge >= 0.3 is 6.03 Å². The standard InChI is InChI=1S/C20H29N3O3/c1-14(2)26-18-6-4-3-5-16(18)13-21-20(25)23-11-9-15(10-12-23)19(24)22-17-7-8-17/h3-6,14-15,17H,7-13H2,1-2H3,(H,21,25)(H,22,24). The van der Waals surface area contributed by atoms with Crippen LogP contribution in [0.1, 0.15) is 45.1 Å². The quantitative estimate of drug-likeness (QED) is 0.820. The van der Waals surface area contributed by atoms with Gasteiger partial charge in [-0.3, -0.25) is 4.79 Å². The topological polar surface area (TPSA) is 70.7 Å². The van der Waals surface area contributed by atoms with E-state index in [4.69, 9.17) is 4.74 Å². The number of hydrogen-bond donors (Lipinski definition) is 2. The van der Waals surface area contributed by atoms with Crippen LogP contribution in [-0.2, 0) is 11.3 Å². The summed E-state index contributed by atoms with van der Waals surface area (Å²) in [7, 11) is 0. The van der Waals surface area contributed by atoms with Gasteiger partial charge in [0.1, 0.15) is 5.75 Å². The lowest BCUT2D eigenvalue weighted by Crippen LogP contribution is -2.47. The van der Waals surface area contributed by atoms with Gasteiger partial charge in [-0.25, -0.2) is 4.79 Å². The Labute approximate surface area is 155 Å². The number of hydrogen-bond acceptors (Lipinski definition) is 3. The van der Waals surface area contributed by atoms with Crippen molar-refractivity contribution in [3.8, 4) is 5.75 Å². The van der Waals surface area contributed by atoms with Gasteiger partial charge in [-0.2, -0.15) is 0 Å². The van der Waals surface area contributed by atoms with E-state index in [9.17, 15) is 9.59 Å². The van der Waals surface area contributed by atoms with Crippen molar-refractivity contribution in [1.29, 1.82) is 0 Å². The largest absolute Gasteiger partial charge is 0.491 e. The first-order chi connectivity index (χ1) is 12.5. The molecule has 2 N–H and O–H groups in total. The lowest BCUT2D eigenvalue weighted by molar-refractivity contribution is -0.126. The van der Waals surface area contributed by atoms with Gasteiger partial charge in [0.15, 0.2) is 0 Å². The van der Waals surface area contributed by atoms with Crippen LogP contribution in [0.25, 0.3) is 0 Å². The molecule has 6 nitrogen and oxygen atoms in total. The maximum absolute atomic E-state index is 12.4. The number of piperidine rings is 1. The number of rotatable bonds is 6. The SMILES string of the molecule is CC(C)Oc1ccccc1CNC(=O)N1CCC(C(=O)NC2CC2)CC1. The molecule has 1 aromatic rings. The molecule has 1 aromatic carbocycles. The Kier molecular flexibility index (Phi) is 6.01. The maximum Gasteiger partial charge on any atom is 0.317 e. The first-order valence-electron chi connectivity index (χ1n) is 9.60. The summed E-state index contributed by atoms with van der Waals surface area (Å²) in [6.45, 7) is 5.65. The lowest BCUT2D eigenvalue weighted by Gasteiger charge is -2.31. The van der Waals surface area contributed by atoms with Crippen LogP contribution in [0.5, 0.6) is 5.75 Å². The molecular formula is C20H29N3O3. The molecule has 142 valence electrons. The highest BCUT2D eigenvalue weighted by Crippen LogP contribution is 2.23. The molecule has 0 unspecified atom stereocenters. The second kappa shape index (κ2) is 8.43. The summed E-state index contributed by atoms with van der Waals surface area (Å²) in [4.78, 5) is 26.4. The zero-order valence-corrected chi connectivity index (χ0v) is 15.7. The Balaban J connectivity index is 1.45. The smallest absolute Gasteiger partial charge is 0.317 e. The van der Waals surface area contributed by atoms with Gasteiger partial charge in [0.25, 0.3) is 0 Å². The highest BCUT2D eigenvalue weighted by atomic mass is 16.5. The number of amides is 3. The second-order valence-electron chi connectivity index (χ2n) is 7.48. The van der Waals surface area contributed by atoms with E-state index in [1.165, 1.54) is 0 Å². The van der Waals surface area contributed by atoms with Crippen LogP contribution in [0, 0.1) is 5.92 Å². The van der Waals surface area contributed by atoms with Crippen molar-refractivity contribution in [3.05, 3.63) is 29.8 Å². The minimum absolute atomic E-state index is 0.0415. The molecule has 1 heterocycles. The Morgan fingerprint density at radius 2 is 1.85 bits per heavy atom. The van der Waals surface area contributed by atoms with E-state index in [1.54, 1.807) is 4.90 Å². The van der Waals surface area contributed by atoms with E-state index in [1.807, 2.05) is 38.1 Å². The van der Waals surface area contributed by atoms with Gasteiger partial charge in [0, 0.05) is 37.2 Å². The minimum atomic E-state index is -0.0783. The zero-order chi connectivity index (χ0) is 18.5. The molecule has 1 aliphatic carbocycles. The predicted octanol–water partition coefficient (Wildman–Crippen LogP) is 2.67. The van der Waals surface area contributed by atoms with Crippen LogP contribution in [0.2, 0.25) is 0 Å². The number of para-hydroxylation sites is 1. The van der Waals surface area contributed by atoms with Crippen LogP contribution in [0.4, 0.5) is 4.79 Å². The Morgan fingerprint density at radius 1 is 1.15 bits per heavy atom. The fourth-order valence-electron chi connectivity index (χ4n) is 3.19. The molecule has 0 bridgehead atoms. The molecule has 2 fully saturated rings. The first-order valence-corrected chi connectivity index (χ1v) is 9.60. The molecule has 0 aromatic heterocycles. The van der Waals surface area contributed by atoms with Crippen molar-refractivity contribution in [1.82, 2.24) is 15.5 Å². The molecule has 1 saturated heterocycles. The van der Waals surface area contributed by atoms with E-state index in [2.05, 4.69) is 10.6 Å². The van der Waals surface area contributed by atoms with Gasteiger partial charge in [-0.15, -0.1) is 0 Å². The molecule has 6 heteroatoms. The number of nitrogens with one attached hydrogen (secondary N) is 2. The highest BCUT2D eigenvalue weighted by Gasteiger charge is 2.31. The molecule has 0 radical (unpaired) electrons. The third-order valence-electron chi connectivity index (χ3n) is 4.84. The van der Waals surface area contributed by atoms with E-state index < -0.39 is 0 Å². The van der Waals surface area contributed by atoms with Crippen LogP contribution < -0.4 is 15.4 Å². The summed E-state index contributed by atoms with van der Waals surface area (Å²) in [5.41, 5.74) is 0.966. The number of nitrogens with zero attached hydrogens (tertiary/aromatic N) is 1. The summed E-state index contributed by atoms with van der Waals surface area (Å²) in [6.07, 6.45) is 3.77. The van der Waals surface area contributed by atoms with Crippen LogP contribution >= 0.6 is 0 Å². The summed E-state index contributed by atoms with van der Waals surface area (Å²) >= 11 is 0. The van der Waals surface area contributed by atoms with Crippen molar-refractivity contribution in [2.75, 3.05) is 13.1 Å². The third-order valence-corrected chi connectivity index (χ3v) is 4.84. The molecule has 1 saturated carbocycles. The third kappa shape index (κ3) is 5.13. The number of benzene rings is 1. The van der Waals surface area contributed by atoms with Gasteiger partial charge in [0.05, 0.1) is 6.10 Å².